The summed E-state index contributed by atoms with van der Waals surface area (Å²) in [5, 5.41) is 21.0. The topological polar surface area (TPSA) is 66.1 Å². The lowest BCUT2D eigenvalue weighted by Gasteiger charge is -2.39. The van der Waals surface area contributed by atoms with E-state index in [1.54, 1.807) is 12.3 Å². The van der Waals surface area contributed by atoms with E-state index in [9.17, 15) is 23.5 Å². The van der Waals surface area contributed by atoms with E-state index in [1.165, 1.54) is 25.0 Å². The predicted octanol–water partition coefficient (Wildman–Crippen LogP) is 9.73. The Morgan fingerprint density at radius 3 is 2.24 bits per heavy atom. The molecule has 3 unspecified atom stereocenters. The van der Waals surface area contributed by atoms with Gasteiger partial charge in [-0.3, -0.25) is 4.98 Å². The lowest BCUT2D eigenvalue weighted by molar-refractivity contribution is -0.137. The number of halogens is 3. The molecule has 1 aliphatic heterocycles. The first-order valence-corrected chi connectivity index (χ1v) is 16.2. The number of hydrogen-bond donors (Lipinski definition) is 2. The molecule has 1 N–H and O–H groups in total. The van der Waals surface area contributed by atoms with Gasteiger partial charge in [-0.1, -0.05) is 79.7 Å². The van der Waals surface area contributed by atoms with Gasteiger partial charge in [-0.05, 0) is 66.5 Å². The summed E-state index contributed by atoms with van der Waals surface area (Å²) in [6, 6.07) is 5.46. The minimum absolute atomic E-state index is 0.0429. The highest BCUT2D eigenvalue weighted by molar-refractivity contribution is 7.79. The number of aliphatic hydroxyl groups is 1. The van der Waals surface area contributed by atoms with E-state index in [0.717, 1.165) is 72.7 Å². The highest BCUT2D eigenvalue weighted by Crippen LogP contribution is 2.60. The number of ether oxygens (including phenoxy) is 1. The van der Waals surface area contributed by atoms with Crippen LogP contribution in [-0.4, -0.2) is 16.3 Å². The van der Waals surface area contributed by atoms with E-state index in [4.69, 9.17) is 9.72 Å². The largest absolute Gasteiger partial charge is 0.417 e. The average Bonchev–Trinajstić information content (AvgIpc) is 3.57. The molecule has 0 bridgehead atoms. The van der Waals surface area contributed by atoms with Crippen LogP contribution in [0.3, 0.4) is 0 Å². The number of hydrogen-bond acceptors (Lipinski definition) is 5. The SMILES string of the molecule is CCC1(C)Cc2nc(C(C)C)c3c(c2C(O)C1)C1(CCCC1)OC3c1ccc(C(F)(F)F)c(C#N)c1.CCCC.CS. The fraction of sp³-hybridized carbons (Fsp3) is 0.647. The van der Waals surface area contributed by atoms with Crippen LogP contribution >= 0.6 is 12.6 Å². The summed E-state index contributed by atoms with van der Waals surface area (Å²) in [4.78, 5) is 5.12. The molecule has 3 atom stereocenters. The summed E-state index contributed by atoms with van der Waals surface area (Å²) in [5.41, 5.74) is 3.12. The maximum Gasteiger partial charge on any atom is 0.417 e. The summed E-state index contributed by atoms with van der Waals surface area (Å²) in [6.45, 7) is 12.8. The van der Waals surface area contributed by atoms with Crippen LogP contribution in [0.1, 0.15) is 156 Å². The maximum absolute atomic E-state index is 13.5. The second-order valence-electron chi connectivity index (χ2n) is 12.5. The van der Waals surface area contributed by atoms with E-state index in [0.29, 0.717) is 12.0 Å². The van der Waals surface area contributed by atoms with Gasteiger partial charge in [0.05, 0.1) is 28.9 Å². The normalized spacial score (nSPS) is 23.8. The van der Waals surface area contributed by atoms with Gasteiger partial charge in [0.15, 0.2) is 0 Å². The van der Waals surface area contributed by atoms with Crippen molar-refractivity contribution in [2.24, 2.45) is 5.41 Å². The third-order valence-electron chi connectivity index (χ3n) is 9.14. The minimum atomic E-state index is -4.61. The van der Waals surface area contributed by atoms with Gasteiger partial charge in [0, 0.05) is 22.5 Å². The fourth-order valence-electron chi connectivity index (χ4n) is 6.64. The first kappa shape index (κ1) is 34.4. The Balaban J connectivity index is 0.000000745. The Labute approximate surface area is 255 Å². The summed E-state index contributed by atoms with van der Waals surface area (Å²) >= 11 is 3.53. The molecule has 42 heavy (non-hydrogen) atoms. The second kappa shape index (κ2) is 13.7. The fourth-order valence-corrected chi connectivity index (χ4v) is 6.64. The van der Waals surface area contributed by atoms with E-state index >= 15 is 0 Å². The number of thiol groups is 1. The molecule has 4 nitrogen and oxygen atoms in total. The molecule has 2 heterocycles. The Hall–Kier alpha value is -2.08. The van der Waals surface area contributed by atoms with Crippen LogP contribution < -0.4 is 0 Å². The van der Waals surface area contributed by atoms with Gasteiger partial charge in [-0.25, -0.2) is 0 Å². The van der Waals surface area contributed by atoms with E-state index in [1.807, 2.05) is 0 Å². The molecule has 2 aliphatic carbocycles. The number of alkyl halides is 3. The molecular weight excluding hydrogens is 557 g/mol. The predicted molar refractivity (Wildman–Crippen MR) is 165 cm³/mol. The summed E-state index contributed by atoms with van der Waals surface area (Å²) in [7, 11) is 0. The van der Waals surface area contributed by atoms with Crippen LogP contribution in [0.5, 0.6) is 0 Å². The Morgan fingerprint density at radius 2 is 1.74 bits per heavy atom. The van der Waals surface area contributed by atoms with Crippen molar-refractivity contribution in [2.45, 2.75) is 129 Å². The Morgan fingerprint density at radius 1 is 1.12 bits per heavy atom. The number of aliphatic hydroxyl groups excluding tert-OH is 1. The van der Waals surface area contributed by atoms with Crippen molar-refractivity contribution in [2.75, 3.05) is 6.26 Å². The number of nitrogens with zero attached hydrogens (tertiary/aromatic N) is 2. The van der Waals surface area contributed by atoms with Crippen LogP contribution in [-0.2, 0) is 22.9 Å². The number of rotatable bonds is 4. The molecule has 232 valence electrons. The highest BCUT2D eigenvalue weighted by Gasteiger charge is 2.53. The zero-order chi connectivity index (χ0) is 31.5. The van der Waals surface area contributed by atoms with E-state index in [-0.39, 0.29) is 11.3 Å². The van der Waals surface area contributed by atoms with Gasteiger partial charge >= 0.3 is 6.18 Å². The lowest BCUT2D eigenvalue weighted by Crippen LogP contribution is -2.33. The third-order valence-corrected chi connectivity index (χ3v) is 9.14. The van der Waals surface area contributed by atoms with Crippen LogP contribution in [0.4, 0.5) is 13.2 Å². The molecule has 3 aliphatic rings. The van der Waals surface area contributed by atoms with Crippen LogP contribution in [0.15, 0.2) is 18.2 Å². The molecule has 0 saturated heterocycles. The molecule has 0 radical (unpaired) electrons. The van der Waals surface area contributed by atoms with Crippen molar-refractivity contribution in [3.63, 3.8) is 0 Å². The van der Waals surface area contributed by atoms with Crippen molar-refractivity contribution < 1.29 is 23.0 Å². The van der Waals surface area contributed by atoms with Crippen LogP contribution in [0.25, 0.3) is 0 Å². The zero-order valence-corrected chi connectivity index (χ0v) is 27.1. The molecule has 5 rings (SSSR count). The molecule has 1 aromatic carbocycles. The van der Waals surface area contributed by atoms with Crippen molar-refractivity contribution in [3.05, 3.63) is 63.0 Å². The number of fused-ring (bicyclic) bond motifs is 4. The van der Waals surface area contributed by atoms with Crippen molar-refractivity contribution in [1.82, 2.24) is 4.98 Å². The molecular formula is C34H47F3N2O2S. The molecule has 2 aromatic rings. The molecule has 1 spiro atoms. The first-order chi connectivity index (χ1) is 19.8. The first-order valence-electron chi connectivity index (χ1n) is 15.3. The quantitative estimate of drug-likeness (QED) is 0.341. The smallest absolute Gasteiger partial charge is 0.388 e. The van der Waals surface area contributed by atoms with E-state index < -0.39 is 35.1 Å². The van der Waals surface area contributed by atoms with E-state index in [2.05, 4.69) is 54.2 Å². The van der Waals surface area contributed by atoms with Gasteiger partial charge in [0.1, 0.15) is 6.10 Å². The minimum Gasteiger partial charge on any atom is -0.388 e. The van der Waals surface area contributed by atoms with Crippen molar-refractivity contribution >= 4 is 12.6 Å². The summed E-state index contributed by atoms with van der Waals surface area (Å²) < 4.78 is 47.3. The molecule has 1 saturated carbocycles. The van der Waals surface area contributed by atoms with Gasteiger partial charge < -0.3 is 9.84 Å². The molecule has 0 amide bonds. The van der Waals surface area contributed by atoms with Crippen LogP contribution in [0.2, 0.25) is 0 Å². The monoisotopic (exact) mass is 604 g/mol. The number of unbranched alkanes of at least 4 members (excludes halogenated alkanes) is 1. The molecule has 1 aromatic heterocycles. The standard InChI is InChI=1S/C29H33F3N2O2.C4H10.CH4S/c1-5-27(4)13-20-22(21(35)14-27)24-23(25(34-20)16(2)3)26(36-28(24)10-6-7-11-28)17-8-9-19(29(30,31)32)18(12-17)15-33;1-3-4-2;1-2/h8-9,12,16,21,26,35H,5-7,10-11,13-14H2,1-4H3;3-4H2,1-2H3;2H,1H3. The van der Waals surface area contributed by atoms with Gasteiger partial charge in [0.2, 0.25) is 0 Å². The van der Waals surface area contributed by atoms with Crippen molar-refractivity contribution in [3.8, 4) is 6.07 Å². The Bertz CT molecular complexity index is 1280. The van der Waals surface area contributed by atoms with Gasteiger partial charge in [-0.15, -0.1) is 0 Å². The molecule has 8 heteroatoms. The average molecular weight is 605 g/mol. The summed E-state index contributed by atoms with van der Waals surface area (Å²) in [6.07, 6.45) is 4.36. The maximum atomic E-state index is 13.5. The number of aromatic nitrogens is 1. The lowest BCUT2D eigenvalue weighted by atomic mass is 9.68. The Kier molecular flexibility index (Phi) is 11.2. The third kappa shape index (κ3) is 6.54. The second-order valence-corrected chi connectivity index (χ2v) is 12.5. The van der Waals surface area contributed by atoms with Crippen molar-refractivity contribution in [1.29, 1.82) is 5.26 Å². The summed E-state index contributed by atoms with van der Waals surface area (Å²) in [5.74, 6) is 0.0588. The molecule has 1 fully saturated rings. The number of benzene rings is 1. The van der Waals surface area contributed by atoms with Gasteiger partial charge in [0.25, 0.3) is 0 Å². The zero-order valence-electron chi connectivity index (χ0n) is 26.2. The number of pyridine rings is 1. The highest BCUT2D eigenvalue weighted by atomic mass is 32.1. The van der Waals surface area contributed by atoms with Gasteiger partial charge in [-0.2, -0.15) is 31.1 Å². The number of nitriles is 1. The van der Waals surface area contributed by atoms with Crippen LogP contribution in [0, 0.1) is 16.7 Å².